The van der Waals surface area contributed by atoms with E-state index in [2.05, 4.69) is 22.2 Å². The maximum Gasteiger partial charge on any atom is 0.197 e. The largest absolute Gasteiger partial charge is 0.300 e. The van der Waals surface area contributed by atoms with Crippen molar-refractivity contribution in [2.75, 3.05) is 18.5 Å². The Hall–Kier alpha value is -0.650. The van der Waals surface area contributed by atoms with E-state index in [-0.39, 0.29) is 0 Å². The van der Waals surface area contributed by atoms with Crippen molar-refractivity contribution in [1.82, 2.24) is 9.88 Å². The molecule has 1 aromatic heterocycles. The smallest absolute Gasteiger partial charge is 0.197 e. The molecule has 0 unspecified atom stereocenters. The van der Waals surface area contributed by atoms with Gasteiger partial charge in [0.25, 0.3) is 0 Å². The Labute approximate surface area is 88.1 Å². The van der Waals surface area contributed by atoms with E-state index in [4.69, 9.17) is 5.84 Å². The standard InChI is InChI=1S/C9H16N4S/c1-2-4-13-5-3-7-8(6-13)14-9(11-7)12-10/h2-6,10H2,1H3,(H,11,12). The molecule has 0 aromatic carbocycles. The van der Waals surface area contributed by atoms with Gasteiger partial charge in [0.1, 0.15) is 0 Å². The van der Waals surface area contributed by atoms with Crippen molar-refractivity contribution < 1.29 is 0 Å². The van der Waals surface area contributed by atoms with Gasteiger partial charge in [-0.3, -0.25) is 10.3 Å². The maximum absolute atomic E-state index is 5.34. The van der Waals surface area contributed by atoms with Crippen LogP contribution in [0, 0.1) is 0 Å². The highest BCUT2D eigenvalue weighted by molar-refractivity contribution is 7.15. The number of thiazole rings is 1. The number of nitrogen functional groups attached to an aromatic ring is 1. The normalized spacial score (nSPS) is 16.7. The molecule has 0 saturated heterocycles. The van der Waals surface area contributed by atoms with Crippen molar-refractivity contribution in [2.45, 2.75) is 26.3 Å². The number of hydrogen-bond donors (Lipinski definition) is 2. The number of nitrogens with one attached hydrogen (secondary N) is 1. The van der Waals surface area contributed by atoms with Gasteiger partial charge in [-0.1, -0.05) is 18.3 Å². The van der Waals surface area contributed by atoms with Crippen LogP contribution < -0.4 is 11.3 Å². The molecule has 5 heteroatoms. The number of aromatic nitrogens is 1. The third kappa shape index (κ3) is 1.89. The molecule has 1 aromatic rings. The van der Waals surface area contributed by atoms with E-state index >= 15 is 0 Å². The molecule has 1 aliphatic heterocycles. The van der Waals surface area contributed by atoms with Gasteiger partial charge >= 0.3 is 0 Å². The van der Waals surface area contributed by atoms with Crippen LogP contribution in [0.5, 0.6) is 0 Å². The molecular formula is C9H16N4S. The number of nitrogens with zero attached hydrogens (tertiary/aromatic N) is 2. The number of nitrogens with two attached hydrogens (primary N) is 1. The lowest BCUT2D eigenvalue weighted by atomic mass is 10.2. The van der Waals surface area contributed by atoms with E-state index in [1.165, 1.54) is 23.5 Å². The zero-order valence-electron chi connectivity index (χ0n) is 8.42. The van der Waals surface area contributed by atoms with E-state index in [0.29, 0.717) is 0 Å². The third-order valence-electron chi connectivity index (χ3n) is 2.47. The molecule has 0 fully saturated rings. The highest BCUT2D eigenvalue weighted by Crippen LogP contribution is 2.27. The molecule has 0 atom stereocenters. The minimum atomic E-state index is 0.841. The molecule has 0 bridgehead atoms. The molecule has 2 heterocycles. The summed E-state index contributed by atoms with van der Waals surface area (Å²) in [6.45, 7) is 5.58. The van der Waals surface area contributed by atoms with E-state index in [9.17, 15) is 0 Å². The molecular weight excluding hydrogens is 196 g/mol. The van der Waals surface area contributed by atoms with E-state index in [1.807, 2.05) is 0 Å². The van der Waals surface area contributed by atoms with Crippen molar-refractivity contribution in [3.8, 4) is 0 Å². The van der Waals surface area contributed by atoms with Crippen molar-refractivity contribution in [3.05, 3.63) is 10.6 Å². The zero-order chi connectivity index (χ0) is 9.97. The van der Waals surface area contributed by atoms with Crippen LogP contribution in [0.15, 0.2) is 0 Å². The number of rotatable bonds is 3. The SMILES string of the molecule is CCCN1CCc2nc(NN)sc2C1. The molecule has 2 rings (SSSR count). The second-order valence-electron chi connectivity index (χ2n) is 3.56. The van der Waals surface area contributed by atoms with Gasteiger partial charge in [-0.05, 0) is 13.0 Å². The van der Waals surface area contributed by atoms with Crippen LogP contribution >= 0.6 is 11.3 Å². The van der Waals surface area contributed by atoms with Gasteiger partial charge in [-0.15, -0.1) is 0 Å². The maximum atomic E-state index is 5.34. The van der Waals surface area contributed by atoms with Gasteiger partial charge in [-0.25, -0.2) is 10.8 Å². The van der Waals surface area contributed by atoms with Gasteiger partial charge in [0.15, 0.2) is 5.13 Å². The molecule has 0 spiro atoms. The van der Waals surface area contributed by atoms with Crippen molar-refractivity contribution in [1.29, 1.82) is 0 Å². The summed E-state index contributed by atoms with van der Waals surface area (Å²) >= 11 is 1.68. The van der Waals surface area contributed by atoms with Gasteiger partial charge in [0, 0.05) is 24.4 Å². The molecule has 0 aliphatic carbocycles. The number of fused-ring (bicyclic) bond motifs is 1. The molecule has 4 nitrogen and oxygen atoms in total. The average Bonchev–Trinajstić information content (AvgIpc) is 2.60. The number of anilines is 1. The van der Waals surface area contributed by atoms with Crippen LogP contribution in [0.1, 0.15) is 23.9 Å². The fourth-order valence-corrected chi connectivity index (χ4v) is 2.78. The number of hydrazine groups is 1. The first-order valence-corrected chi connectivity index (χ1v) is 5.82. The van der Waals surface area contributed by atoms with Gasteiger partial charge in [0.05, 0.1) is 5.69 Å². The van der Waals surface area contributed by atoms with Crippen LogP contribution in [-0.4, -0.2) is 23.0 Å². The van der Waals surface area contributed by atoms with Gasteiger partial charge in [0.2, 0.25) is 0 Å². The minimum Gasteiger partial charge on any atom is -0.300 e. The van der Waals surface area contributed by atoms with Crippen LogP contribution in [0.25, 0.3) is 0 Å². The highest BCUT2D eigenvalue weighted by Gasteiger charge is 2.19. The Morgan fingerprint density at radius 1 is 1.64 bits per heavy atom. The summed E-state index contributed by atoms with van der Waals surface area (Å²) in [5, 5.41) is 0.841. The van der Waals surface area contributed by atoms with Crippen molar-refractivity contribution in [3.63, 3.8) is 0 Å². The molecule has 14 heavy (non-hydrogen) atoms. The summed E-state index contributed by atoms with van der Waals surface area (Å²) in [5.74, 6) is 5.34. The van der Waals surface area contributed by atoms with Crippen molar-refractivity contribution in [2.24, 2.45) is 5.84 Å². The van der Waals surface area contributed by atoms with Crippen LogP contribution in [-0.2, 0) is 13.0 Å². The number of hydrogen-bond acceptors (Lipinski definition) is 5. The van der Waals surface area contributed by atoms with Crippen LogP contribution in [0.2, 0.25) is 0 Å². The van der Waals surface area contributed by atoms with Gasteiger partial charge in [-0.2, -0.15) is 0 Å². The lowest BCUT2D eigenvalue weighted by molar-refractivity contribution is 0.256. The molecule has 0 saturated carbocycles. The van der Waals surface area contributed by atoms with Crippen LogP contribution in [0.3, 0.4) is 0 Å². The van der Waals surface area contributed by atoms with Crippen LogP contribution in [0.4, 0.5) is 5.13 Å². The molecule has 0 radical (unpaired) electrons. The Balaban J connectivity index is 2.09. The summed E-state index contributed by atoms with van der Waals surface area (Å²) in [6.07, 6.45) is 2.28. The lowest BCUT2D eigenvalue weighted by Gasteiger charge is -2.24. The average molecular weight is 212 g/mol. The Morgan fingerprint density at radius 2 is 2.50 bits per heavy atom. The zero-order valence-corrected chi connectivity index (χ0v) is 9.23. The fraction of sp³-hybridized carbons (Fsp3) is 0.667. The second kappa shape index (κ2) is 4.25. The molecule has 1 aliphatic rings. The van der Waals surface area contributed by atoms with E-state index in [0.717, 1.165) is 24.6 Å². The first kappa shape index (κ1) is 9.89. The summed E-state index contributed by atoms with van der Waals surface area (Å²) < 4.78 is 0. The summed E-state index contributed by atoms with van der Waals surface area (Å²) in [7, 11) is 0. The molecule has 0 amide bonds. The highest BCUT2D eigenvalue weighted by atomic mass is 32.1. The minimum absolute atomic E-state index is 0.841. The molecule has 3 N–H and O–H groups in total. The second-order valence-corrected chi connectivity index (χ2v) is 4.64. The summed E-state index contributed by atoms with van der Waals surface area (Å²) in [6, 6.07) is 0. The summed E-state index contributed by atoms with van der Waals surface area (Å²) in [4.78, 5) is 8.27. The molecule has 78 valence electrons. The van der Waals surface area contributed by atoms with E-state index < -0.39 is 0 Å². The Bertz CT molecular complexity index is 310. The Kier molecular flexibility index (Phi) is 3.00. The lowest BCUT2D eigenvalue weighted by Crippen LogP contribution is -2.30. The van der Waals surface area contributed by atoms with E-state index in [1.54, 1.807) is 11.3 Å². The first-order chi connectivity index (χ1) is 6.83. The van der Waals surface area contributed by atoms with Gasteiger partial charge < -0.3 is 0 Å². The fourth-order valence-electron chi connectivity index (χ4n) is 1.82. The quantitative estimate of drug-likeness (QED) is 0.584. The Morgan fingerprint density at radius 3 is 3.21 bits per heavy atom. The first-order valence-electron chi connectivity index (χ1n) is 5.01. The summed E-state index contributed by atoms with van der Waals surface area (Å²) in [5.41, 5.74) is 3.85. The predicted molar refractivity (Wildman–Crippen MR) is 59.2 cm³/mol. The topological polar surface area (TPSA) is 54.2 Å². The van der Waals surface area contributed by atoms with Crippen molar-refractivity contribution >= 4 is 16.5 Å². The predicted octanol–water partition coefficient (Wildman–Crippen LogP) is 1.20. The monoisotopic (exact) mass is 212 g/mol. The third-order valence-corrected chi connectivity index (χ3v) is 3.49.